The Kier molecular flexibility index (Phi) is 15.5. The second-order valence-corrected chi connectivity index (χ2v) is 26.4. The number of phenols is 2. The summed E-state index contributed by atoms with van der Waals surface area (Å²) in [5.74, 6) is 1.08. The van der Waals surface area contributed by atoms with Gasteiger partial charge in [0.05, 0.1) is 28.5 Å². The zero-order chi connectivity index (χ0) is 53.8. The SMILES string of the molecule is CC(C)(C)c1cc(-c2cc(-c3[c-]c(-c4cccc5oc(-c6cc(C(C)(C)C)cc(C(C)(C)C)c6O)nc45)cc(C(C)(C)C)c3)ncn2)[c-]c(-c2cccc3oc(-c4cc(C(C)(C)C)cc(C(C)(C)C)c4O)nc23)c1.[Pt].[Pt]. The molecule has 6 aromatic carbocycles. The van der Waals surface area contributed by atoms with Crippen molar-refractivity contribution in [2.45, 2.75) is 157 Å². The van der Waals surface area contributed by atoms with Gasteiger partial charge in [-0.1, -0.05) is 189 Å². The van der Waals surface area contributed by atoms with E-state index in [0.29, 0.717) is 56.5 Å². The number of para-hydroxylation sites is 2. The van der Waals surface area contributed by atoms with E-state index in [1.54, 1.807) is 6.33 Å². The van der Waals surface area contributed by atoms with Crippen LogP contribution in [-0.2, 0) is 74.6 Å². The Morgan fingerprint density at radius 2 is 0.711 bits per heavy atom. The minimum atomic E-state index is -0.313. The van der Waals surface area contributed by atoms with Gasteiger partial charge in [-0.05, 0) is 67.9 Å². The first-order chi connectivity index (χ1) is 34.3. The first-order valence-electron chi connectivity index (χ1n) is 25.8. The average Bonchev–Trinajstić information content (AvgIpc) is 3.94. The van der Waals surface area contributed by atoms with Crippen molar-refractivity contribution in [3.05, 3.63) is 143 Å². The zero-order valence-electron chi connectivity index (χ0n) is 47.4. The van der Waals surface area contributed by atoms with Crippen LogP contribution in [0.1, 0.15) is 158 Å². The van der Waals surface area contributed by atoms with Crippen molar-refractivity contribution in [1.82, 2.24) is 19.9 Å². The maximum absolute atomic E-state index is 11.8. The summed E-state index contributed by atoms with van der Waals surface area (Å²) in [6.45, 7) is 38.9. The van der Waals surface area contributed by atoms with Crippen LogP contribution < -0.4 is 0 Å². The molecule has 9 aromatic rings. The molecule has 0 amide bonds. The minimum absolute atomic E-state index is 0. The van der Waals surface area contributed by atoms with E-state index in [0.717, 1.165) is 66.8 Å². The summed E-state index contributed by atoms with van der Waals surface area (Å²) in [4.78, 5) is 20.0. The Labute approximate surface area is 479 Å². The summed E-state index contributed by atoms with van der Waals surface area (Å²) in [6.07, 6.45) is 1.61. The molecule has 0 aliphatic carbocycles. The Bertz CT molecular complexity index is 3420. The molecule has 0 fully saturated rings. The first-order valence-corrected chi connectivity index (χ1v) is 25.8. The molecule has 0 atom stereocenters. The second-order valence-electron chi connectivity index (χ2n) is 26.4. The van der Waals surface area contributed by atoms with Gasteiger partial charge in [-0.2, -0.15) is 0 Å². The number of phenolic OH excluding ortho intramolecular Hbond substituents is 2. The first kappa shape index (κ1) is 58.0. The van der Waals surface area contributed by atoms with Crippen LogP contribution in [0.15, 0.2) is 106 Å². The fourth-order valence-electron chi connectivity index (χ4n) is 9.39. The summed E-state index contributed by atoms with van der Waals surface area (Å²) < 4.78 is 13.1. The van der Waals surface area contributed by atoms with Crippen LogP contribution in [-0.4, -0.2) is 30.1 Å². The quantitative estimate of drug-likeness (QED) is 0.158. The normalized spacial score (nSPS) is 12.8. The number of fused-ring (bicyclic) bond motifs is 2. The predicted molar refractivity (Wildman–Crippen MR) is 303 cm³/mol. The Morgan fingerprint density at radius 1 is 0.382 bits per heavy atom. The molecular formula is C66H72N4O4Pt2-2. The molecule has 0 aliphatic heterocycles. The largest absolute Gasteiger partial charge is 0.507 e. The van der Waals surface area contributed by atoms with E-state index in [9.17, 15) is 10.2 Å². The van der Waals surface area contributed by atoms with Gasteiger partial charge in [0.2, 0.25) is 11.8 Å². The van der Waals surface area contributed by atoms with Gasteiger partial charge in [0.1, 0.15) is 22.7 Å². The summed E-state index contributed by atoms with van der Waals surface area (Å²) in [6, 6.07) is 38.3. The molecule has 8 nitrogen and oxygen atoms in total. The standard InChI is InChI=1S/C66H72N4O4.2Pt/c1-61(2,3)41-27-37(45-21-19-23-53-55(45)69-59(73-53)47-31-43(63(7,8)9)33-49(57(47)71)65(13,14)15)25-39(29-41)51-35-52(68-36-67-51)40-26-38(28-42(30-40)62(4,5)6)46-22-20-24-54-56(46)70-60(74-54)48-32-44(64(10,11)12)34-50(58(48)72)66(16,17)18;;/h19-24,27-36,71-72H,1-18H3;;/q-2;;. The van der Waals surface area contributed by atoms with Crippen molar-refractivity contribution in [3.63, 3.8) is 0 Å². The van der Waals surface area contributed by atoms with Gasteiger partial charge in [0.15, 0.2) is 0 Å². The van der Waals surface area contributed by atoms with Crippen molar-refractivity contribution in [2.75, 3.05) is 0 Å². The maximum Gasteiger partial charge on any atom is 0.230 e. The molecule has 3 heterocycles. The molecule has 0 saturated carbocycles. The predicted octanol–water partition coefficient (Wildman–Crippen LogP) is 17.6. The zero-order valence-corrected chi connectivity index (χ0v) is 51.9. The van der Waals surface area contributed by atoms with Crippen LogP contribution in [0.4, 0.5) is 0 Å². The van der Waals surface area contributed by atoms with Crippen molar-refractivity contribution in [3.8, 4) is 79.2 Å². The molecule has 76 heavy (non-hydrogen) atoms. The molecule has 2 N–H and O–H groups in total. The van der Waals surface area contributed by atoms with E-state index in [1.807, 2.05) is 42.5 Å². The smallest absolute Gasteiger partial charge is 0.230 e. The number of aromatic nitrogens is 4. The third-order valence-electron chi connectivity index (χ3n) is 14.1. The number of nitrogens with zero attached hydrogens (tertiary/aromatic N) is 4. The van der Waals surface area contributed by atoms with Gasteiger partial charge in [-0.25, -0.2) is 9.97 Å². The van der Waals surface area contributed by atoms with Gasteiger partial charge in [-0.3, -0.25) is 9.97 Å². The Hall–Kier alpha value is -5.68. The third-order valence-corrected chi connectivity index (χ3v) is 14.1. The average molecular weight is 1380 g/mol. The fourth-order valence-corrected chi connectivity index (χ4v) is 9.39. The molecule has 0 aliphatic rings. The molecule has 0 saturated heterocycles. The van der Waals surface area contributed by atoms with E-state index in [1.165, 1.54) is 0 Å². The molecule has 3 aromatic heterocycles. The van der Waals surface area contributed by atoms with Crippen LogP contribution in [0.3, 0.4) is 0 Å². The molecule has 0 spiro atoms. The van der Waals surface area contributed by atoms with Crippen LogP contribution in [0.2, 0.25) is 0 Å². The molecule has 9 rings (SSSR count). The van der Waals surface area contributed by atoms with Crippen molar-refractivity contribution in [1.29, 1.82) is 0 Å². The Balaban J connectivity index is 0.00000420. The van der Waals surface area contributed by atoms with Crippen LogP contribution in [0.25, 0.3) is 89.9 Å². The number of oxazole rings is 2. The number of benzene rings is 6. The second kappa shape index (κ2) is 20.3. The number of aromatic hydroxyl groups is 2. The molecule has 0 unspecified atom stereocenters. The number of rotatable bonds is 6. The van der Waals surface area contributed by atoms with E-state index in [4.69, 9.17) is 28.8 Å². The monoisotopic (exact) mass is 1370 g/mol. The number of hydrogen-bond donors (Lipinski definition) is 2. The van der Waals surface area contributed by atoms with Gasteiger partial charge >= 0.3 is 0 Å². The van der Waals surface area contributed by atoms with Gasteiger partial charge in [0.25, 0.3) is 0 Å². The fraction of sp³-hybridized carbons (Fsp3) is 0.364. The van der Waals surface area contributed by atoms with E-state index in [2.05, 4.69) is 185 Å². The molecule has 0 bridgehead atoms. The molecule has 0 radical (unpaired) electrons. The maximum atomic E-state index is 11.8. The van der Waals surface area contributed by atoms with Gasteiger partial charge in [-0.15, -0.1) is 58.7 Å². The summed E-state index contributed by atoms with van der Waals surface area (Å²) in [7, 11) is 0. The van der Waals surface area contributed by atoms with E-state index in [-0.39, 0.29) is 86.1 Å². The molecule has 10 heteroatoms. The van der Waals surface area contributed by atoms with Gasteiger partial charge < -0.3 is 19.0 Å². The topological polar surface area (TPSA) is 118 Å². The molecular weight excluding hydrogens is 1300 g/mol. The van der Waals surface area contributed by atoms with E-state index < -0.39 is 0 Å². The minimum Gasteiger partial charge on any atom is -0.507 e. The van der Waals surface area contributed by atoms with E-state index >= 15 is 0 Å². The van der Waals surface area contributed by atoms with Gasteiger partial charge in [0, 0.05) is 64.6 Å². The van der Waals surface area contributed by atoms with Crippen molar-refractivity contribution < 1.29 is 61.2 Å². The third kappa shape index (κ3) is 11.5. The Morgan fingerprint density at radius 3 is 1.04 bits per heavy atom. The molecule has 402 valence electrons. The summed E-state index contributed by atoms with van der Waals surface area (Å²) >= 11 is 0. The van der Waals surface area contributed by atoms with Crippen LogP contribution in [0.5, 0.6) is 11.5 Å². The van der Waals surface area contributed by atoms with Crippen LogP contribution in [0, 0.1) is 12.1 Å². The van der Waals surface area contributed by atoms with Crippen molar-refractivity contribution >= 4 is 22.2 Å². The summed E-state index contributed by atoms with van der Waals surface area (Å²) in [5, 5.41) is 23.6. The van der Waals surface area contributed by atoms with Crippen molar-refractivity contribution in [2.24, 2.45) is 0 Å². The summed E-state index contributed by atoms with van der Waals surface area (Å²) in [5.41, 5.74) is 14.8. The number of hydrogen-bond acceptors (Lipinski definition) is 8. The van der Waals surface area contributed by atoms with Crippen LogP contribution >= 0.6 is 0 Å².